The molecule has 2 aromatic heterocycles. The zero-order valence-corrected chi connectivity index (χ0v) is 14.5. The summed E-state index contributed by atoms with van der Waals surface area (Å²) in [6.45, 7) is 1.74. The Balaban J connectivity index is 1.44. The molecule has 2 heterocycles. The van der Waals surface area contributed by atoms with Crippen LogP contribution in [0.4, 0.5) is 13.2 Å². The Morgan fingerprint density at radius 2 is 1.93 bits per heavy atom. The van der Waals surface area contributed by atoms with Crippen LogP contribution in [-0.4, -0.2) is 18.1 Å². The van der Waals surface area contributed by atoms with Gasteiger partial charge in [0.25, 0.3) is 0 Å². The number of hydrogen-bond acceptors (Lipinski definition) is 4. The molecule has 0 atom stereocenters. The zero-order valence-electron chi connectivity index (χ0n) is 14.5. The largest absolute Gasteiger partial charge is 0.478 e. The van der Waals surface area contributed by atoms with Gasteiger partial charge in [0.05, 0.1) is 18.7 Å². The molecule has 4 nitrogen and oxygen atoms in total. The molecule has 0 aliphatic carbocycles. The molecule has 0 saturated carbocycles. The van der Waals surface area contributed by atoms with Crippen molar-refractivity contribution < 1.29 is 22.3 Å². The van der Waals surface area contributed by atoms with Crippen LogP contribution in [0.15, 0.2) is 65.2 Å². The second-order valence-electron chi connectivity index (χ2n) is 5.89. The quantitative estimate of drug-likeness (QED) is 0.567. The molecule has 0 spiro atoms. The van der Waals surface area contributed by atoms with Crippen molar-refractivity contribution in [3.8, 4) is 17.2 Å². The highest BCUT2D eigenvalue weighted by atomic mass is 19.4. The monoisotopic (exact) mass is 376 g/mol. The molecule has 0 fully saturated rings. The predicted octanol–water partition coefficient (Wildman–Crippen LogP) is 4.92. The highest BCUT2D eigenvalue weighted by molar-refractivity contribution is 5.58. The molecular weight excluding hydrogens is 357 g/mol. The van der Waals surface area contributed by atoms with E-state index >= 15 is 0 Å². The first-order valence-electron chi connectivity index (χ1n) is 8.53. The van der Waals surface area contributed by atoms with Crippen LogP contribution in [0.2, 0.25) is 0 Å². The number of furan rings is 1. The van der Waals surface area contributed by atoms with Gasteiger partial charge >= 0.3 is 6.18 Å². The summed E-state index contributed by atoms with van der Waals surface area (Å²) in [5, 5.41) is 3.21. The van der Waals surface area contributed by atoms with Crippen LogP contribution in [-0.2, 0) is 12.7 Å². The molecule has 0 saturated heterocycles. The van der Waals surface area contributed by atoms with Crippen molar-refractivity contribution in [2.24, 2.45) is 0 Å². The molecule has 0 aliphatic rings. The first kappa shape index (κ1) is 19.0. The van der Waals surface area contributed by atoms with Gasteiger partial charge in [-0.25, -0.2) is 4.98 Å². The van der Waals surface area contributed by atoms with Crippen molar-refractivity contribution in [3.05, 3.63) is 72.1 Å². The average molecular weight is 376 g/mol. The lowest BCUT2D eigenvalue weighted by atomic mass is 10.1. The molecule has 0 radical (unpaired) electrons. The van der Waals surface area contributed by atoms with Crippen LogP contribution in [0.25, 0.3) is 11.3 Å². The number of benzene rings is 1. The molecule has 0 unspecified atom stereocenters. The molecule has 1 aromatic carbocycles. The number of hydrogen-bond donors (Lipinski definition) is 1. The van der Waals surface area contributed by atoms with E-state index in [1.807, 2.05) is 12.1 Å². The summed E-state index contributed by atoms with van der Waals surface area (Å²) in [5.41, 5.74) is -0.288. The van der Waals surface area contributed by atoms with Crippen molar-refractivity contribution in [1.82, 2.24) is 10.3 Å². The van der Waals surface area contributed by atoms with E-state index in [2.05, 4.69) is 10.3 Å². The maximum absolute atomic E-state index is 12.8. The van der Waals surface area contributed by atoms with E-state index in [1.165, 1.54) is 6.07 Å². The third-order valence-electron chi connectivity index (χ3n) is 3.82. The standard InChI is InChI=1S/C20H19F3N2O2/c21-20(22,23)16-6-3-5-15(13-16)18-9-8-17(27-18)14-24-10-4-12-26-19-7-1-2-11-25-19/h1-3,5-9,11,13,24H,4,10,12,14H2. The summed E-state index contributed by atoms with van der Waals surface area (Å²) >= 11 is 0. The van der Waals surface area contributed by atoms with Crippen LogP contribution in [0.1, 0.15) is 17.7 Å². The van der Waals surface area contributed by atoms with Gasteiger partial charge in [-0.1, -0.05) is 18.2 Å². The average Bonchev–Trinajstić information content (AvgIpc) is 3.14. The summed E-state index contributed by atoms with van der Waals surface area (Å²) in [5.74, 6) is 1.67. The number of alkyl halides is 3. The molecule has 0 amide bonds. The first-order valence-corrected chi connectivity index (χ1v) is 8.53. The fourth-order valence-electron chi connectivity index (χ4n) is 2.49. The molecule has 3 rings (SSSR count). The number of ether oxygens (including phenoxy) is 1. The van der Waals surface area contributed by atoms with E-state index in [1.54, 1.807) is 30.5 Å². The summed E-state index contributed by atoms with van der Waals surface area (Å²) < 4.78 is 49.6. The maximum Gasteiger partial charge on any atom is 0.416 e. The minimum Gasteiger partial charge on any atom is -0.478 e. The van der Waals surface area contributed by atoms with Crippen LogP contribution in [0, 0.1) is 0 Å². The van der Waals surface area contributed by atoms with Crippen molar-refractivity contribution in [3.63, 3.8) is 0 Å². The van der Waals surface area contributed by atoms with E-state index in [0.717, 1.165) is 18.6 Å². The number of nitrogens with one attached hydrogen (secondary N) is 1. The van der Waals surface area contributed by atoms with Gasteiger partial charge in [0.15, 0.2) is 0 Å². The van der Waals surface area contributed by atoms with Gasteiger partial charge in [-0.05, 0) is 43.3 Å². The summed E-state index contributed by atoms with van der Waals surface area (Å²) in [4.78, 5) is 4.07. The molecule has 0 bridgehead atoms. The molecular formula is C20H19F3N2O2. The van der Waals surface area contributed by atoms with E-state index in [4.69, 9.17) is 9.15 Å². The lowest BCUT2D eigenvalue weighted by molar-refractivity contribution is -0.137. The van der Waals surface area contributed by atoms with E-state index in [9.17, 15) is 13.2 Å². The summed E-state index contributed by atoms with van der Waals surface area (Å²) in [6.07, 6.45) is -1.91. The van der Waals surface area contributed by atoms with Gasteiger partial charge in [-0.3, -0.25) is 0 Å². The first-order chi connectivity index (χ1) is 13.0. The van der Waals surface area contributed by atoms with Crippen LogP contribution in [0.3, 0.4) is 0 Å². The van der Waals surface area contributed by atoms with Gasteiger partial charge in [-0.15, -0.1) is 0 Å². The Morgan fingerprint density at radius 3 is 2.70 bits per heavy atom. The summed E-state index contributed by atoms with van der Waals surface area (Å²) in [7, 11) is 0. The number of aromatic nitrogens is 1. The third-order valence-corrected chi connectivity index (χ3v) is 3.82. The molecule has 0 aliphatic heterocycles. The van der Waals surface area contributed by atoms with Crippen molar-refractivity contribution >= 4 is 0 Å². The minimum atomic E-state index is -4.37. The molecule has 27 heavy (non-hydrogen) atoms. The second kappa shape index (κ2) is 8.73. The van der Waals surface area contributed by atoms with Crippen LogP contribution >= 0.6 is 0 Å². The SMILES string of the molecule is FC(F)(F)c1cccc(-c2ccc(CNCCCOc3ccccn3)o2)c1. The van der Waals surface area contributed by atoms with E-state index in [-0.39, 0.29) is 0 Å². The van der Waals surface area contributed by atoms with Crippen LogP contribution in [0.5, 0.6) is 5.88 Å². The Labute approximate surface area is 155 Å². The molecule has 142 valence electrons. The zero-order chi connectivity index (χ0) is 19.1. The third kappa shape index (κ3) is 5.59. The maximum atomic E-state index is 12.8. The minimum absolute atomic E-state index is 0.403. The number of halogens is 3. The molecule has 1 N–H and O–H groups in total. The van der Waals surface area contributed by atoms with Crippen molar-refractivity contribution in [2.45, 2.75) is 19.1 Å². The molecule has 3 aromatic rings. The topological polar surface area (TPSA) is 47.3 Å². The van der Waals surface area contributed by atoms with Gasteiger partial charge in [-0.2, -0.15) is 13.2 Å². The van der Waals surface area contributed by atoms with Gasteiger partial charge in [0.1, 0.15) is 11.5 Å². The second-order valence-corrected chi connectivity index (χ2v) is 5.89. The predicted molar refractivity (Wildman–Crippen MR) is 95.2 cm³/mol. The number of rotatable bonds is 8. The fraction of sp³-hybridized carbons (Fsp3) is 0.250. The highest BCUT2D eigenvalue weighted by Gasteiger charge is 2.30. The normalized spacial score (nSPS) is 11.5. The lowest BCUT2D eigenvalue weighted by Crippen LogP contribution is -2.16. The number of pyridine rings is 1. The smallest absolute Gasteiger partial charge is 0.416 e. The van der Waals surface area contributed by atoms with E-state index < -0.39 is 11.7 Å². The van der Waals surface area contributed by atoms with Gasteiger partial charge in [0.2, 0.25) is 5.88 Å². The Kier molecular flexibility index (Phi) is 6.13. The van der Waals surface area contributed by atoms with Crippen molar-refractivity contribution in [1.29, 1.82) is 0 Å². The highest BCUT2D eigenvalue weighted by Crippen LogP contribution is 2.32. The fourth-order valence-corrected chi connectivity index (χ4v) is 2.49. The lowest BCUT2D eigenvalue weighted by Gasteiger charge is -2.07. The number of nitrogens with zero attached hydrogens (tertiary/aromatic N) is 1. The van der Waals surface area contributed by atoms with Crippen molar-refractivity contribution in [2.75, 3.05) is 13.2 Å². The van der Waals surface area contributed by atoms with Crippen LogP contribution < -0.4 is 10.1 Å². The van der Waals surface area contributed by atoms with E-state index in [0.29, 0.717) is 42.7 Å². The Bertz CT molecular complexity index is 848. The molecule has 7 heteroatoms. The Morgan fingerprint density at radius 1 is 1.04 bits per heavy atom. The van der Waals surface area contributed by atoms with Gasteiger partial charge in [0, 0.05) is 17.8 Å². The summed E-state index contributed by atoms with van der Waals surface area (Å²) in [6, 6.07) is 14.0. The van der Waals surface area contributed by atoms with Gasteiger partial charge < -0.3 is 14.5 Å². The Hall–Kier alpha value is -2.80.